The Hall–Kier alpha value is -1.92. The second-order valence-corrected chi connectivity index (χ2v) is 4.59. The van der Waals surface area contributed by atoms with Crippen molar-refractivity contribution < 1.29 is 9.63 Å². The Morgan fingerprint density at radius 2 is 2.22 bits per heavy atom. The number of hydrogen-bond acceptors (Lipinski definition) is 6. The van der Waals surface area contributed by atoms with Crippen molar-refractivity contribution in [1.29, 1.82) is 0 Å². The largest absolute Gasteiger partial charge is 0.506 e. The molecule has 0 aliphatic rings. The SMILES string of the molecule is Oc1ccc(-c2nc(-c3cscn3)no2)cc1Cl. The van der Waals surface area contributed by atoms with E-state index in [9.17, 15) is 5.11 Å². The van der Waals surface area contributed by atoms with Gasteiger partial charge in [0.25, 0.3) is 5.89 Å². The molecular weight excluding hydrogens is 274 g/mol. The molecule has 0 saturated carbocycles. The number of nitrogens with zero attached hydrogens (tertiary/aromatic N) is 3. The van der Waals surface area contributed by atoms with Crippen LogP contribution >= 0.6 is 22.9 Å². The molecule has 0 atom stereocenters. The molecule has 0 amide bonds. The molecular formula is C11H6ClN3O2S. The molecule has 3 aromatic rings. The molecule has 5 nitrogen and oxygen atoms in total. The fourth-order valence-electron chi connectivity index (χ4n) is 1.41. The third-order valence-corrected chi connectivity index (χ3v) is 3.17. The van der Waals surface area contributed by atoms with E-state index in [0.717, 1.165) is 0 Å². The number of benzene rings is 1. The molecule has 0 fully saturated rings. The van der Waals surface area contributed by atoms with Crippen molar-refractivity contribution in [3.63, 3.8) is 0 Å². The van der Waals surface area contributed by atoms with Crippen molar-refractivity contribution in [2.24, 2.45) is 0 Å². The summed E-state index contributed by atoms with van der Waals surface area (Å²) in [6.45, 7) is 0. The fraction of sp³-hybridized carbons (Fsp3) is 0. The zero-order valence-corrected chi connectivity index (χ0v) is 10.4. The number of rotatable bonds is 2. The molecule has 2 aromatic heterocycles. The predicted octanol–water partition coefficient (Wildman–Crippen LogP) is 3.22. The van der Waals surface area contributed by atoms with Crippen molar-refractivity contribution in [3.8, 4) is 28.7 Å². The van der Waals surface area contributed by atoms with Crippen molar-refractivity contribution in [2.75, 3.05) is 0 Å². The van der Waals surface area contributed by atoms with E-state index in [2.05, 4.69) is 15.1 Å². The summed E-state index contributed by atoms with van der Waals surface area (Å²) < 4.78 is 5.13. The van der Waals surface area contributed by atoms with Gasteiger partial charge in [-0.05, 0) is 18.2 Å². The monoisotopic (exact) mass is 279 g/mol. The van der Waals surface area contributed by atoms with Crippen LogP contribution in [-0.4, -0.2) is 20.2 Å². The Morgan fingerprint density at radius 3 is 2.94 bits per heavy atom. The highest BCUT2D eigenvalue weighted by Crippen LogP contribution is 2.29. The number of halogens is 1. The summed E-state index contributed by atoms with van der Waals surface area (Å²) in [4.78, 5) is 8.31. The third-order valence-electron chi connectivity index (χ3n) is 2.28. The van der Waals surface area contributed by atoms with Crippen LogP contribution < -0.4 is 0 Å². The average Bonchev–Trinajstić information content (AvgIpc) is 3.01. The maximum Gasteiger partial charge on any atom is 0.258 e. The number of thiazole rings is 1. The minimum atomic E-state index is 0.0136. The van der Waals surface area contributed by atoms with Gasteiger partial charge in [-0.15, -0.1) is 11.3 Å². The lowest BCUT2D eigenvalue weighted by molar-refractivity contribution is 0.432. The Bertz CT molecular complexity index is 681. The van der Waals surface area contributed by atoms with Crippen molar-refractivity contribution in [2.45, 2.75) is 0 Å². The quantitative estimate of drug-likeness (QED) is 0.780. The minimum Gasteiger partial charge on any atom is -0.506 e. The summed E-state index contributed by atoms with van der Waals surface area (Å²) in [7, 11) is 0. The van der Waals surface area contributed by atoms with Crippen molar-refractivity contribution in [3.05, 3.63) is 34.1 Å². The van der Waals surface area contributed by atoms with Gasteiger partial charge < -0.3 is 9.63 Å². The lowest BCUT2D eigenvalue weighted by Gasteiger charge is -1.97. The molecule has 2 heterocycles. The van der Waals surface area contributed by atoms with Gasteiger partial charge in [0, 0.05) is 10.9 Å². The van der Waals surface area contributed by atoms with Gasteiger partial charge in [-0.3, -0.25) is 0 Å². The van der Waals surface area contributed by atoms with E-state index < -0.39 is 0 Å². The smallest absolute Gasteiger partial charge is 0.258 e. The Morgan fingerprint density at radius 1 is 1.33 bits per heavy atom. The molecule has 0 spiro atoms. The summed E-state index contributed by atoms with van der Waals surface area (Å²) in [6, 6.07) is 4.69. The van der Waals surface area contributed by atoms with E-state index in [1.807, 2.05) is 5.38 Å². The fourth-order valence-corrected chi connectivity index (χ4v) is 2.12. The summed E-state index contributed by atoms with van der Waals surface area (Å²) in [5, 5.41) is 15.2. The minimum absolute atomic E-state index is 0.0136. The van der Waals surface area contributed by atoms with Crippen LogP contribution in [0.15, 0.2) is 33.6 Å². The van der Waals surface area contributed by atoms with Gasteiger partial charge in [0.2, 0.25) is 5.82 Å². The first-order chi connectivity index (χ1) is 8.74. The van der Waals surface area contributed by atoms with Crippen LogP contribution in [0.2, 0.25) is 5.02 Å². The van der Waals surface area contributed by atoms with Crippen LogP contribution in [0.4, 0.5) is 0 Å². The van der Waals surface area contributed by atoms with Gasteiger partial charge in [0.1, 0.15) is 11.4 Å². The molecule has 1 N–H and O–H groups in total. The third kappa shape index (κ3) is 1.96. The van der Waals surface area contributed by atoms with Gasteiger partial charge in [-0.25, -0.2) is 4.98 Å². The zero-order valence-electron chi connectivity index (χ0n) is 8.87. The zero-order chi connectivity index (χ0) is 12.5. The van der Waals surface area contributed by atoms with E-state index >= 15 is 0 Å². The first-order valence-electron chi connectivity index (χ1n) is 4.95. The summed E-state index contributed by atoms with van der Waals surface area (Å²) >= 11 is 7.28. The lowest BCUT2D eigenvalue weighted by atomic mass is 10.2. The molecule has 0 bridgehead atoms. The number of phenolic OH excluding ortho intramolecular Hbond substituents is 1. The van der Waals surface area contributed by atoms with Crippen LogP contribution in [0.25, 0.3) is 23.0 Å². The Kier molecular flexibility index (Phi) is 2.73. The second-order valence-electron chi connectivity index (χ2n) is 3.46. The summed E-state index contributed by atoms with van der Waals surface area (Å²) in [5.74, 6) is 0.773. The van der Waals surface area contributed by atoms with Crippen LogP contribution in [0.5, 0.6) is 5.75 Å². The van der Waals surface area contributed by atoms with Crippen LogP contribution in [-0.2, 0) is 0 Å². The first-order valence-corrected chi connectivity index (χ1v) is 6.27. The number of aromatic nitrogens is 3. The topological polar surface area (TPSA) is 72.0 Å². The molecule has 1 aromatic carbocycles. The van der Waals surface area contributed by atoms with Gasteiger partial charge in [-0.2, -0.15) is 4.98 Å². The molecule has 18 heavy (non-hydrogen) atoms. The van der Waals surface area contributed by atoms with Gasteiger partial charge in [-0.1, -0.05) is 16.8 Å². The molecule has 7 heteroatoms. The van der Waals surface area contributed by atoms with E-state index in [4.69, 9.17) is 16.1 Å². The second kappa shape index (κ2) is 4.40. The van der Waals surface area contributed by atoms with E-state index in [-0.39, 0.29) is 10.8 Å². The Labute approximate surface area is 111 Å². The summed E-state index contributed by atoms with van der Waals surface area (Å²) in [5.41, 5.74) is 3.01. The number of hydrogen-bond donors (Lipinski definition) is 1. The Balaban J connectivity index is 2.00. The molecule has 3 rings (SSSR count). The van der Waals surface area contributed by atoms with Crippen LogP contribution in [0, 0.1) is 0 Å². The van der Waals surface area contributed by atoms with Gasteiger partial charge in [0.05, 0.1) is 10.5 Å². The number of aromatic hydroxyl groups is 1. The maximum absolute atomic E-state index is 9.34. The first kappa shape index (κ1) is 11.2. The molecule has 0 unspecified atom stereocenters. The van der Waals surface area contributed by atoms with Crippen molar-refractivity contribution in [1.82, 2.24) is 15.1 Å². The molecule has 0 aliphatic heterocycles. The van der Waals surface area contributed by atoms with E-state index in [0.29, 0.717) is 23.0 Å². The van der Waals surface area contributed by atoms with E-state index in [1.54, 1.807) is 17.6 Å². The lowest BCUT2D eigenvalue weighted by Crippen LogP contribution is -1.81. The average molecular weight is 280 g/mol. The van der Waals surface area contributed by atoms with Gasteiger partial charge in [0.15, 0.2) is 0 Å². The normalized spacial score (nSPS) is 10.7. The molecule has 0 radical (unpaired) electrons. The summed E-state index contributed by atoms with van der Waals surface area (Å²) in [6.07, 6.45) is 0. The highest BCUT2D eigenvalue weighted by atomic mass is 35.5. The highest BCUT2D eigenvalue weighted by molar-refractivity contribution is 7.07. The predicted molar refractivity (Wildman–Crippen MR) is 67.5 cm³/mol. The molecule has 90 valence electrons. The highest BCUT2D eigenvalue weighted by Gasteiger charge is 2.12. The maximum atomic E-state index is 9.34. The van der Waals surface area contributed by atoms with Crippen LogP contribution in [0.1, 0.15) is 0 Å². The van der Waals surface area contributed by atoms with Crippen molar-refractivity contribution >= 4 is 22.9 Å². The van der Waals surface area contributed by atoms with Gasteiger partial charge >= 0.3 is 0 Å². The standard InChI is InChI=1S/C11H6ClN3O2S/c12-7-3-6(1-2-9(7)16)11-14-10(15-17-11)8-4-18-5-13-8/h1-5,16H. The van der Waals surface area contributed by atoms with Crippen LogP contribution in [0.3, 0.4) is 0 Å². The molecule has 0 saturated heterocycles. The molecule has 0 aliphatic carbocycles. The van der Waals surface area contributed by atoms with E-state index in [1.165, 1.54) is 17.4 Å². The number of phenols is 1.